The zero-order chi connectivity index (χ0) is 29.3. The van der Waals surface area contributed by atoms with E-state index in [4.69, 9.17) is 4.74 Å². The number of hydrogen-bond donors (Lipinski definition) is 0. The molecule has 2 rings (SSSR count). The van der Waals surface area contributed by atoms with Crippen molar-refractivity contribution in [2.45, 2.75) is 114 Å². The molecular formula is C33H49NO4. The fourth-order valence-corrected chi connectivity index (χ4v) is 6.47. The van der Waals surface area contributed by atoms with Gasteiger partial charge in [0.1, 0.15) is 6.07 Å². The third kappa shape index (κ3) is 5.75. The van der Waals surface area contributed by atoms with Crippen molar-refractivity contribution in [3.05, 3.63) is 34.4 Å². The molecule has 3 atom stereocenters. The number of carbonyl (C=O) groups is 3. The number of fused-ring (bicyclic) bond motifs is 1. The van der Waals surface area contributed by atoms with Crippen molar-refractivity contribution < 1.29 is 19.1 Å². The lowest BCUT2D eigenvalue weighted by Gasteiger charge is -2.56. The van der Waals surface area contributed by atoms with Crippen molar-refractivity contribution in [1.29, 1.82) is 5.26 Å². The molecule has 0 N–H and O–H groups in total. The summed E-state index contributed by atoms with van der Waals surface area (Å²) in [5.41, 5.74) is 0.900. The maximum atomic E-state index is 13.0. The highest BCUT2D eigenvalue weighted by Gasteiger charge is 2.55. The first-order valence-electron chi connectivity index (χ1n) is 14.0. The summed E-state index contributed by atoms with van der Waals surface area (Å²) < 4.78 is 5.29. The van der Waals surface area contributed by atoms with Crippen molar-refractivity contribution in [2.75, 3.05) is 7.11 Å². The van der Waals surface area contributed by atoms with E-state index in [1.165, 1.54) is 7.11 Å². The number of esters is 1. The van der Waals surface area contributed by atoms with Crippen LogP contribution in [-0.2, 0) is 19.1 Å². The van der Waals surface area contributed by atoms with Crippen LogP contribution < -0.4 is 0 Å². The number of methoxy groups -OCH3 is 1. The van der Waals surface area contributed by atoms with Gasteiger partial charge in [-0.2, -0.15) is 5.26 Å². The highest BCUT2D eigenvalue weighted by atomic mass is 16.5. The van der Waals surface area contributed by atoms with E-state index in [1.54, 1.807) is 26.0 Å². The van der Waals surface area contributed by atoms with E-state index >= 15 is 0 Å². The Kier molecular flexibility index (Phi) is 9.14. The summed E-state index contributed by atoms with van der Waals surface area (Å²) in [5.74, 6) is -0.435. The molecule has 38 heavy (non-hydrogen) atoms. The molecule has 0 radical (unpaired) electrons. The summed E-state index contributed by atoms with van der Waals surface area (Å²) in [6, 6.07) is 2.09. The minimum Gasteiger partial charge on any atom is -0.469 e. The van der Waals surface area contributed by atoms with E-state index in [1.807, 2.05) is 13.8 Å². The van der Waals surface area contributed by atoms with Crippen molar-refractivity contribution in [2.24, 2.45) is 27.1 Å². The molecular weight excluding hydrogens is 474 g/mol. The molecule has 210 valence electrons. The number of ether oxygens (including phenoxy) is 1. The third-order valence-corrected chi connectivity index (χ3v) is 10.4. The number of carbonyl (C=O) groups excluding carboxylic acids is 3. The summed E-state index contributed by atoms with van der Waals surface area (Å²) in [7, 11) is 1.47. The Morgan fingerprint density at radius 1 is 1.11 bits per heavy atom. The second kappa shape index (κ2) is 10.9. The number of hydrogen-bond acceptors (Lipinski definition) is 5. The van der Waals surface area contributed by atoms with Crippen LogP contribution in [0.1, 0.15) is 114 Å². The van der Waals surface area contributed by atoms with Crippen LogP contribution in [0.3, 0.4) is 0 Å². The van der Waals surface area contributed by atoms with Gasteiger partial charge in [0.25, 0.3) is 0 Å². The predicted octanol–water partition coefficient (Wildman–Crippen LogP) is 7.86. The second-order valence-electron chi connectivity index (χ2n) is 13.8. The van der Waals surface area contributed by atoms with Gasteiger partial charge < -0.3 is 4.74 Å². The SMILES string of the molecule is CCC(C)(C)CC[C@@](C)(CCC(C)(C)[C@]1(C)CCC2=C(C)C(=O)C(C#N)=C[C@]2(C)/C1=C/C(C)=O)C(=O)OC. The number of rotatable bonds is 10. The van der Waals surface area contributed by atoms with Crippen LogP contribution in [0.2, 0.25) is 0 Å². The van der Waals surface area contributed by atoms with Gasteiger partial charge in [-0.3, -0.25) is 14.4 Å². The smallest absolute Gasteiger partial charge is 0.311 e. The minimum absolute atomic E-state index is 0.0489. The van der Waals surface area contributed by atoms with Crippen molar-refractivity contribution >= 4 is 17.5 Å². The standard InChI is InChI=1S/C33H49NO4/c1-12-29(4,5)15-17-31(8,28(37)38-11)18-16-30(6,7)33(10)14-13-25-23(3)27(36)24(21-34)20-32(25,9)26(33)19-22(2)35/h19-20H,12-18H2,1-11H3/b26-19-/t31-,32-,33+/m0/s1. The summed E-state index contributed by atoms with van der Waals surface area (Å²) >= 11 is 0. The van der Waals surface area contributed by atoms with Crippen molar-refractivity contribution in [1.82, 2.24) is 0 Å². The monoisotopic (exact) mass is 523 g/mol. The zero-order valence-corrected chi connectivity index (χ0v) is 25.7. The molecule has 0 saturated heterocycles. The van der Waals surface area contributed by atoms with Crippen LogP contribution in [0, 0.1) is 38.4 Å². The average molecular weight is 524 g/mol. The molecule has 2 aliphatic carbocycles. The molecule has 2 aliphatic rings. The number of nitriles is 1. The highest BCUT2D eigenvalue weighted by molar-refractivity contribution is 6.12. The van der Waals surface area contributed by atoms with Crippen molar-refractivity contribution in [3.63, 3.8) is 0 Å². The molecule has 0 amide bonds. The molecule has 5 nitrogen and oxygen atoms in total. The summed E-state index contributed by atoms with van der Waals surface area (Å²) in [6.45, 7) is 20.8. The van der Waals surface area contributed by atoms with Crippen LogP contribution in [0.5, 0.6) is 0 Å². The molecule has 1 fully saturated rings. The molecule has 0 aromatic carbocycles. The van der Waals surface area contributed by atoms with Gasteiger partial charge in [-0.25, -0.2) is 0 Å². The van der Waals surface area contributed by atoms with Crippen LogP contribution in [0.15, 0.2) is 34.4 Å². The van der Waals surface area contributed by atoms with E-state index in [2.05, 4.69) is 47.6 Å². The maximum absolute atomic E-state index is 13.0. The van der Waals surface area contributed by atoms with Crippen molar-refractivity contribution in [3.8, 4) is 6.07 Å². The highest BCUT2D eigenvalue weighted by Crippen LogP contribution is 2.64. The summed E-state index contributed by atoms with van der Waals surface area (Å²) in [4.78, 5) is 38.4. The Morgan fingerprint density at radius 3 is 2.18 bits per heavy atom. The quantitative estimate of drug-likeness (QED) is 0.215. The van der Waals surface area contributed by atoms with Crippen LogP contribution in [0.4, 0.5) is 0 Å². The molecule has 0 aromatic heterocycles. The van der Waals surface area contributed by atoms with Gasteiger partial charge in [0.2, 0.25) is 0 Å². The number of Topliss-reactive ketones (excluding diaryl/α,β-unsaturated/α-hetero) is 1. The second-order valence-corrected chi connectivity index (χ2v) is 13.8. The topological polar surface area (TPSA) is 84.2 Å². The van der Waals surface area contributed by atoms with E-state index in [0.29, 0.717) is 12.0 Å². The van der Waals surface area contributed by atoms with Gasteiger partial charge in [-0.15, -0.1) is 0 Å². The number of allylic oxidation sites excluding steroid dienone is 6. The van der Waals surface area contributed by atoms with Gasteiger partial charge in [0.15, 0.2) is 11.6 Å². The van der Waals surface area contributed by atoms with Crippen LogP contribution >= 0.6 is 0 Å². The number of ketones is 2. The molecule has 0 unspecified atom stereocenters. The van der Waals surface area contributed by atoms with Gasteiger partial charge >= 0.3 is 5.97 Å². The lowest BCUT2D eigenvalue weighted by Crippen LogP contribution is -2.48. The molecule has 0 spiro atoms. The van der Waals surface area contributed by atoms with Gasteiger partial charge in [0, 0.05) is 5.41 Å². The fraction of sp³-hybridized carbons (Fsp3) is 0.697. The van der Waals surface area contributed by atoms with Crippen LogP contribution in [-0.4, -0.2) is 24.6 Å². The molecule has 5 heteroatoms. The largest absolute Gasteiger partial charge is 0.469 e. The average Bonchev–Trinajstić information content (AvgIpc) is 2.85. The molecule has 1 saturated carbocycles. The normalized spacial score (nSPS) is 26.8. The van der Waals surface area contributed by atoms with E-state index in [-0.39, 0.29) is 33.9 Å². The van der Waals surface area contributed by atoms with Crippen LogP contribution in [0.25, 0.3) is 0 Å². The summed E-state index contributed by atoms with van der Waals surface area (Å²) in [6.07, 6.45) is 9.18. The Labute approximate surface area is 230 Å². The zero-order valence-electron chi connectivity index (χ0n) is 25.7. The predicted molar refractivity (Wildman–Crippen MR) is 152 cm³/mol. The first-order valence-corrected chi connectivity index (χ1v) is 14.0. The Bertz CT molecular complexity index is 1130. The Hall–Kier alpha value is -2.48. The van der Waals surface area contributed by atoms with E-state index in [9.17, 15) is 19.6 Å². The first-order chi connectivity index (χ1) is 17.3. The molecule has 0 heterocycles. The Balaban J connectivity index is 2.55. The molecule has 0 aliphatic heterocycles. The van der Waals surface area contributed by atoms with Gasteiger partial charge in [0.05, 0.1) is 18.1 Å². The first kappa shape index (κ1) is 31.7. The minimum atomic E-state index is -0.685. The molecule has 0 aromatic rings. The Morgan fingerprint density at radius 2 is 1.68 bits per heavy atom. The summed E-state index contributed by atoms with van der Waals surface area (Å²) in [5, 5.41) is 9.72. The van der Waals surface area contributed by atoms with E-state index < -0.39 is 16.2 Å². The lowest BCUT2D eigenvalue weighted by atomic mass is 9.47. The third-order valence-electron chi connectivity index (χ3n) is 10.4. The lowest BCUT2D eigenvalue weighted by molar-refractivity contribution is -0.153. The van der Waals surface area contributed by atoms with Gasteiger partial charge in [-0.1, -0.05) is 48.0 Å². The van der Waals surface area contributed by atoms with Gasteiger partial charge in [-0.05, 0) is 111 Å². The fourth-order valence-electron chi connectivity index (χ4n) is 6.47. The maximum Gasteiger partial charge on any atom is 0.311 e. The number of nitrogens with zero attached hydrogens (tertiary/aromatic N) is 1. The molecule has 0 bridgehead atoms. The van der Waals surface area contributed by atoms with E-state index in [0.717, 1.165) is 49.7 Å².